The van der Waals surface area contributed by atoms with Crippen molar-refractivity contribution in [2.24, 2.45) is 0 Å². The van der Waals surface area contributed by atoms with Crippen LogP contribution in [0.25, 0.3) is 0 Å². The Labute approximate surface area is 161 Å². The molecule has 25 heavy (non-hydrogen) atoms. The van der Waals surface area contributed by atoms with Gasteiger partial charge in [-0.1, -0.05) is 24.6 Å². The first-order chi connectivity index (χ1) is 12.0. The molecule has 6 heteroatoms. The molecule has 2 rings (SSSR count). The van der Waals surface area contributed by atoms with Crippen LogP contribution in [0.4, 0.5) is 5.69 Å². The SMILES string of the molecule is CCCOc1c(Br)cc(C(=O)Nc2cccc(Cl)c2C)cc1OCC. The number of benzene rings is 2. The molecular formula is C19H21BrClNO3. The maximum atomic E-state index is 12.6. The standard InChI is InChI=1S/C19H21BrClNO3/c1-4-9-25-18-14(20)10-13(11-17(18)24-5-2)19(23)22-16-8-6-7-15(21)12(16)3/h6-8,10-11H,4-5,9H2,1-3H3,(H,22,23). The number of nitrogens with one attached hydrogen (secondary N) is 1. The molecule has 0 saturated heterocycles. The normalized spacial score (nSPS) is 10.4. The number of hydrogen-bond acceptors (Lipinski definition) is 3. The van der Waals surface area contributed by atoms with Gasteiger partial charge in [0.25, 0.3) is 5.91 Å². The van der Waals surface area contributed by atoms with Crippen molar-refractivity contribution in [2.45, 2.75) is 27.2 Å². The number of hydrogen-bond donors (Lipinski definition) is 1. The first-order valence-corrected chi connectivity index (χ1v) is 9.30. The van der Waals surface area contributed by atoms with Crippen molar-refractivity contribution >= 4 is 39.1 Å². The first-order valence-electron chi connectivity index (χ1n) is 8.13. The molecule has 2 aromatic carbocycles. The third kappa shape index (κ3) is 4.89. The molecule has 0 atom stereocenters. The second kappa shape index (κ2) is 9.11. The lowest BCUT2D eigenvalue weighted by Crippen LogP contribution is -2.13. The third-order valence-corrected chi connectivity index (χ3v) is 4.54. The summed E-state index contributed by atoms with van der Waals surface area (Å²) in [6.07, 6.45) is 0.883. The van der Waals surface area contributed by atoms with Crippen LogP contribution in [0.1, 0.15) is 36.2 Å². The molecule has 0 aliphatic rings. The highest BCUT2D eigenvalue weighted by Gasteiger charge is 2.17. The Hall–Kier alpha value is -1.72. The van der Waals surface area contributed by atoms with Gasteiger partial charge < -0.3 is 14.8 Å². The van der Waals surface area contributed by atoms with Crippen LogP contribution in [0.2, 0.25) is 5.02 Å². The fourth-order valence-electron chi connectivity index (χ4n) is 2.24. The van der Waals surface area contributed by atoms with Crippen molar-refractivity contribution in [3.8, 4) is 11.5 Å². The van der Waals surface area contributed by atoms with Gasteiger partial charge in [0.05, 0.1) is 17.7 Å². The minimum atomic E-state index is -0.242. The van der Waals surface area contributed by atoms with E-state index in [9.17, 15) is 4.79 Å². The second-order valence-electron chi connectivity index (χ2n) is 5.43. The lowest BCUT2D eigenvalue weighted by molar-refractivity contribution is 0.102. The van der Waals surface area contributed by atoms with E-state index in [4.69, 9.17) is 21.1 Å². The molecule has 0 fully saturated rings. The zero-order chi connectivity index (χ0) is 18.4. The third-order valence-electron chi connectivity index (χ3n) is 3.54. The summed E-state index contributed by atoms with van der Waals surface area (Å²) < 4.78 is 12.1. The monoisotopic (exact) mass is 425 g/mol. The molecule has 134 valence electrons. The zero-order valence-electron chi connectivity index (χ0n) is 14.5. The van der Waals surface area contributed by atoms with Gasteiger partial charge in [-0.25, -0.2) is 0 Å². The van der Waals surface area contributed by atoms with Gasteiger partial charge in [0.1, 0.15) is 0 Å². The molecule has 0 radical (unpaired) electrons. The molecule has 1 amide bonds. The molecule has 0 unspecified atom stereocenters. The highest BCUT2D eigenvalue weighted by Crippen LogP contribution is 2.37. The molecule has 4 nitrogen and oxygen atoms in total. The Morgan fingerprint density at radius 1 is 1.24 bits per heavy atom. The van der Waals surface area contributed by atoms with Crippen LogP contribution in [0.5, 0.6) is 11.5 Å². The van der Waals surface area contributed by atoms with E-state index in [1.807, 2.05) is 26.8 Å². The molecule has 0 saturated carbocycles. The molecule has 0 spiro atoms. The summed E-state index contributed by atoms with van der Waals surface area (Å²) in [7, 11) is 0. The van der Waals surface area contributed by atoms with Gasteiger partial charge >= 0.3 is 0 Å². The van der Waals surface area contributed by atoms with Gasteiger partial charge in [-0.2, -0.15) is 0 Å². The van der Waals surface area contributed by atoms with Crippen LogP contribution >= 0.6 is 27.5 Å². The molecule has 1 N–H and O–H groups in total. The lowest BCUT2D eigenvalue weighted by atomic mass is 10.1. The highest BCUT2D eigenvalue weighted by atomic mass is 79.9. The van der Waals surface area contributed by atoms with Crippen molar-refractivity contribution in [2.75, 3.05) is 18.5 Å². The van der Waals surface area contributed by atoms with E-state index < -0.39 is 0 Å². The van der Waals surface area contributed by atoms with E-state index in [0.29, 0.717) is 45.5 Å². The van der Waals surface area contributed by atoms with Crippen molar-refractivity contribution in [1.82, 2.24) is 0 Å². The smallest absolute Gasteiger partial charge is 0.255 e. The van der Waals surface area contributed by atoms with Crippen molar-refractivity contribution in [1.29, 1.82) is 0 Å². The topological polar surface area (TPSA) is 47.6 Å². The maximum absolute atomic E-state index is 12.6. The predicted octanol–water partition coefficient (Wildman–Crippen LogP) is 5.85. The second-order valence-corrected chi connectivity index (χ2v) is 6.69. The number of carbonyl (C=O) groups excluding carboxylic acids is 1. The largest absolute Gasteiger partial charge is 0.490 e. The van der Waals surface area contributed by atoms with Crippen LogP contribution in [0, 0.1) is 6.92 Å². The molecule has 0 heterocycles. The van der Waals surface area contributed by atoms with Gasteiger partial charge in [0.2, 0.25) is 0 Å². The summed E-state index contributed by atoms with van der Waals surface area (Å²) in [5.74, 6) is 0.909. The average Bonchev–Trinajstić information content (AvgIpc) is 2.58. The summed E-state index contributed by atoms with van der Waals surface area (Å²) in [6.45, 7) is 6.84. The van der Waals surface area contributed by atoms with Crippen LogP contribution in [0.3, 0.4) is 0 Å². The van der Waals surface area contributed by atoms with E-state index in [1.54, 1.807) is 24.3 Å². The summed E-state index contributed by atoms with van der Waals surface area (Å²) in [5.41, 5.74) is 1.97. The van der Waals surface area contributed by atoms with Crippen LogP contribution in [-0.4, -0.2) is 19.1 Å². The number of ether oxygens (including phenoxy) is 2. The lowest BCUT2D eigenvalue weighted by Gasteiger charge is -2.15. The average molecular weight is 427 g/mol. The Morgan fingerprint density at radius 2 is 2.00 bits per heavy atom. The Bertz CT molecular complexity index is 765. The summed E-state index contributed by atoms with van der Waals surface area (Å²) in [5, 5.41) is 3.49. The van der Waals surface area contributed by atoms with Gasteiger partial charge in [-0.15, -0.1) is 0 Å². The zero-order valence-corrected chi connectivity index (χ0v) is 16.8. The molecule has 2 aromatic rings. The van der Waals surface area contributed by atoms with E-state index in [0.717, 1.165) is 12.0 Å². The van der Waals surface area contributed by atoms with E-state index in [2.05, 4.69) is 21.2 Å². The van der Waals surface area contributed by atoms with Crippen molar-refractivity contribution in [3.63, 3.8) is 0 Å². The first kappa shape index (κ1) is 19.6. The Balaban J connectivity index is 2.31. The van der Waals surface area contributed by atoms with Gasteiger partial charge in [0, 0.05) is 16.3 Å². The summed E-state index contributed by atoms with van der Waals surface area (Å²) in [6, 6.07) is 8.82. The van der Waals surface area contributed by atoms with Gasteiger partial charge in [-0.3, -0.25) is 4.79 Å². The molecule has 0 aliphatic heterocycles. The summed E-state index contributed by atoms with van der Waals surface area (Å²) in [4.78, 5) is 12.6. The van der Waals surface area contributed by atoms with Crippen LogP contribution < -0.4 is 14.8 Å². The number of halogens is 2. The molecule has 0 bridgehead atoms. The van der Waals surface area contributed by atoms with Crippen LogP contribution in [-0.2, 0) is 0 Å². The quantitative estimate of drug-likeness (QED) is 0.604. The number of amides is 1. The Kier molecular flexibility index (Phi) is 7.14. The maximum Gasteiger partial charge on any atom is 0.255 e. The molecule has 0 aliphatic carbocycles. The minimum Gasteiger partial charge on any atom is -0.490 e. The van der Waals surface area contributed by atoms with E-state index in [-0.39, 0.29) is 5.91 Å². The van der Waals surface area contributed by atoms with E-state index >= 15 is 0 Å². The van der Waals surface area contributed by atoms with E-state index in [1.165, 1.54) is 0 Å². The van der Waals surface area contributed by atoms with Crippen molar-refractivity contribution < 1.29 is 14.3 Å². The fraction of sp³-hybridized carbons (Fsp3) is 0.316. The number of carbonyl (C=O) groups is 1. The fourth-order valence-corrected chi connectivity index (χ4v) is 2.97. The number of rotatable bonds is 7. The van der Waals surface area contributed by atoms with Crippen LogP contribution in [0.15, 0.2) is 34.8 Å². The minimum absolute atomic E-state index is 0.242. The molecule has 0 aromatic heterocycles. The summed E-state index contributed by atoms with van der Waals surface area (Å²) >= 11 is 9.58. The molecular weight excluding hydrogens is 406 g/mol. The number of anilines is 1. The highest BCUT2D eigenvalue weighted by molar-refractivity contribution is 9.10. The Morgan fingerprint density at radius 3 is 2.68 bits per heavy atom. The van der Waals surface area contributed by atoms with Crippen molar-refractivity contribution in [3.05, 3.63) is 51.0 Å². The van der Waals surface area contributed by atoms with Gasteiger partial charge in [-0.05, 0) is 66.0 Å². The predicted molar refractivity (Wildman–Crippen MR) is 105 cm³/mol. The van der Waals surface area contributed by atoms with Gasteiger partial charge in [0.15, 0.2) is 11.5 Å².